The number of hydrogen-bond donors (Lipinski definition) is 2. The van der Waals surface area contributed by atoms with E-state index in [2.05, 4.69) is 40.9 Å². The van der Waals surface area contributed by atoms with Crippen LogP contribution >= 0.6 is 11.3 Å². The van der Waals surface area contributed by atoms with Gasteiger partial charge in [-0.05, 0) is 63.6 Å². The van der Waals surface area contributed by atoms with E-state index >= 15 is 0 Å². The zero-order valence-electron chi connectivity index (χ0n) is 15.5. The average molecular weight is 369 g/mol. The van der Waals surface area contributed by atoms with Crippen molar-refractivity contribution in [1.29, 1.82) is 0 Å². The molecule has 2 aromatic heterocycles. The lowest BCUT2D eigenvalue weighted by molar-refractivity contribution is 0.249. The standard InChI is InChI=1S/C20H24N4OS/c1-13-10-14(2)24(23-13)12-17-6-5-7-18(11-17)22-20(25)21-16(4)19-9-8-15(3)26-19/h5-11,16H,12H2,1-4H3,(H2,21,22,25). The number of aromatic nitrogens is 2. The van der Waals surface area contributed by atoms with Gasteiger partial charge in [-0.25, -0.2) is 4.79 Å². The molecule has 0 radical (unpaired) electrons. The number of anilines is 1. The van der Waals surface area contributed by atoms with Crippen LogP contribution in [0.1, 0.15) is 39.7 Å². The number of thiophene rings is 1. The van der Waals surface area contributed by atoms with Crippen LogP contribution in [0.2, 0.25) is 0 Å². The van der Waals surface area contributed by atoms with Crippen molar-refractivity contribution >= 4 is 23.1 Å². The monoisotopic (exact) mass is 368 g/mol. The van der Waals surface area contributed by atoms with Crippen molar-refractivity contribution in [2.45, 2.75) is 40.3 Å². The Labute approximate surface area is 158 Å². The quantitative estimate of drug-likeness (QED) is 0.679. The summed E-state index contributed by atoms with van der Waals surface area (Å²) in [4.78, 5) is 14.7. The molecular weight excluding hydrogens is 344 g/mol. The van der Waals surface area contributed by atoms with Crippen molar-refractivity contribution in [1.82, 2.24) is 15.1 Å². The molecule has 0 aliphatic heterocycles. The fourth-order valence-corrected chi connectivity index (χ4v) is 3.76. The topological polar surface area (TPSA) is 59.0 Å². The predicted molar refractivity (Wildman–Crippen MR) is 107 cm³/mol. The molecule has 0 saturated carbocycles. The summed E-state index contributed by atoms with van der Waals surface area (Å²) < 4.78 is 1.97. The number of hydrogen-bond acceptors (Lipinski definition) is 3. The Bertz CT molecular complexity index is 912. The number of nitrogens with zero attached hydrogens (tertiary/aromatic N) is 2. The van der Waals surface area contributed by atoms with Gasteiger partial charge in [0.15, 0.2) is 0 Å². The average Bonchev–Trinajstić information content (AvgIpc) is 3.13. The van der Waals surface area contributed by atoms with E-state index in [1.807, 2.05) is 49.7 Å². The van der Waals surface area contributed by atoms with Gasteiger partial charge in [-0.3, -0.25) is 4.68 Å². The third-order valence-electron chi connectivity index (χ3n) is 4.16. The van der Waals surface area contributed by atoms with Crippen molar-refractivity contribution in [2.75, 3.05) is 5.32 Å². The van der Waals surface area contributed by atoms with Crippen LogP contribution in [-0.2, 0) is 6.54 Å². The van der Waals surface area contributed by atoms with E-state index in [4.69, 9.17) is 0 Å². The van der Waals surface area contributed by atoms with Crippen LogP contribution in [0, 0.1) is 20.8 Å². The van der Waals surface area contributed by atoms with Crippen LogP contribution in [-0.4, -0.2) is 15.8 Å². The number of aryl methyl sites for hydroxylation is 3. The molecule has 1 atom stereocenters. The number of carbonyl (C=O) groups excluding carboxylic acids is 1. The van der Waals surface area contributed by atoms with E-state index in [0.29, 0.717) is 6.54 Å². The first-order valence-electron chi connectivity index (χ1n) is 8.64. The molecule has 0 bridgehead atoms. The van der Waals surface area contributed by atoms with Crippen LogP contribution in [0.5, 0.6) is 0 Å². The summed E-state index contributed by atoms with van der Waals surface area (Å²) in [6.07, 6.45) is 0. The zero-order valence-corrected chi connectivity index (χ0v) is 16.4. The Morgan fingerprint density at radius 3 is 2.65 bits per heavy atom. The molecule has 3 rings (SSSR count). The second-order valence-electron chi connectivity index (χ2n) is 6.55. The minimum atomic E-state index is -0.202. The minimum Gasteiger partial charge on any atom is -0.331 e. The van der Waals surface area contributed by atoms with Crippen LogP contribution in [0.25, 0.3) is 0 Å². The molecule has 3 aromatic rings. The van der Waals surface area contributed by atoms with Crippen molar-refractivity contribution in [3.8, 4) is 0 Å². The van der Waals surface area contributed by atoms with E-state index in [-0.39, 0.29) is 12.1 Å². The number of amides is 2. The second-order valence-corrected chi connectivity index (χ2v) is 7.87. The van der Waals surface area contributed by atoms with Gasteiger partial charge in [-0.2, -0.15) is 5.10 Å². The summed E-state index contributed by atoms with van der Waals surface area (Å²) in [6.45, 7) is 8.77. The molecule has 2 N–H and O–H groups in total. The fourth-order valence-electron chi connectivity index (χ4n) is 2.88. The maximum atomic E-state index is 12.3. The van der Waals surface area contributed by atoms with E-state index < -0.39 is 0 Å². The maximum Gasteiger partial charge on any atom is 0.319 e. The van der Waals surface area contributed by atoms with Crippen LogP contribution in [0.15, 0.2) is 42.5 Å². The molecule has 6 heteroatoms. The molecule has 2 amide bonds. The molecule has 2 heterocycles. The minimum absolute atomic E-state index is 0.0217. The molecule has 5 nitrogen and oxygen atoms in total. The molecule has 0 spiro atoms. The lowest BCUT2D eigenvalue weighted by atomic mass is 10.2. The van der Waals surface area contributed by atoms with E-state index in [1.165, 1.54) is 4.88 Å². The molecule has 0 aliphatic carbocycles. The van der Waals surface area contributed by atoms with E-state index in [9.17, 15) is 4.79 Å². The number of benzene rings is 1. The van der Waals surface area contributed by atoms with Gasteiger partial charge in [0.25, 0.3) is 0 Å². The normalized spacial score (nSPS) is 12.0. The zero-order chi connectivity index (χ0) is 18.7. The molecule has 0 saturated heterocycles. The van der Waals surface area contributed by atoms with Crippen molar-refractivity contribution in [2.24, 2.45) is 0 Å². The Balaban J connectivity index is 1.62. The van der Waals surface area contributed by atoms with E-state index in [0.717, 1.165) is 27.5 Å². The molecule has 0 fully saturated rings. The van der Waals surface area contributed by atoms with Gasteiger partial charge in [0, 0.05) is 21.1 Å². The number of rotatable bonds is 5. The van der Waals surface area contributed by atoms with Gasteiger partial charge >= 0.3 is 6.03 Å². The number of nitrogens with one attached hydrogen (secondary N) is 2. The van der Waals surface area contributed by atoms with Crippen molar-refractivity contribution in [3.05, 3.63) is 69.2 Å². The van der Waals surface area contributed by atoms with Crippen LogP contribution < -0.4 is 10.6 Å². The second kappa shape index (κ2) is 7.74. The summed E-state index contributed by atoms with van der Waals surface area (Å²) in [5.41, 5.74) is 4.00. The lowest BCUT2D eigenvalue weighted by Gasteiger charge is -2.14. The fraction of sp³-hybridized carbons (Fsp3) is 0.300. The third kappa shape index (κ3) is 4.52. The van der Waals surface area contributed by atoms with Crippen LogP contribution in [0.3, 0.4) is 0 Å². The summed E-state index contributed by atoms with van der Waals surface area (Å²) in [7, 11) is 0. The van der Waals surface area contributed by atoms with Gasteiger partial charge in [-0.1, -0.05) is 12.1 Å². The highest BCUT2D eigenvalue weighted by atomic mass is 32.1. The highest BCUT2D eigenvalue weighted by Crippen LogP contribution is 2.22. The molecular formula is C20H24N4OS. The first-order chi connectivity index (χ1) is 12.4. The molecule has 136 valence electrons. The first kappa shape index (κ1) is 18.2. The Hall–Kier alpha value is -2.60. The van der Waals surface area contributed by atoms with Gasteiger partial charge in [-0.15, -0.1) is 11.3 Å². The molecule has 1 unspecified atom stereocenters. The summed E-state index contributed by atoms with van der Waals surface area (Å²) in [5, 5.41) is 10.4. The SMILES string of the molecule is Cc1cc(C)n(Cc2cccc(NC(=O)NC(C)c3ccc(C)s3)c2)n1. The summed E-state index contributed by atoms with van der Waals surface area (Å²) in [6, 6.07) is 13.8. The maximum absolute atomic E-state index is 12.3. The van der Waals surface area contributed by atoms with Gasteiger partial charge < -0.3 is 10.6 Å². The lowest BCUT2D eigenvalue weighted by Crippen LogP contribution is -2.30. The van der Waals surface area contributed by atoms with Gasteiger partial charge in [0.05, 0.1) is 18.3 Å². The largest absolute Gasteiger partial charge is 0.331 e. The highest BCUT2D eigenvalue weighted by molar-refractivity contribution is 7.12. The van der Waals surface area contributed by atoms with Crippen molar-refractivity contribution in [3.63, 3.8) is 0 Å². The Morgan fingerprint density at radius 1 is 1.19 bits per heavy atom. The Morgan fingerprint density at radius 2 is 2.00 bits per heavy atom. The summed E-state index contributed by atoms with van der Waals surface area (Å²) in [5.74, 6) is 0. The number of urea groups is 1. The van der Waals surface area contributed by atoms with Crippen molar-refractivity contribution < 1.29 is 4.79 Å². The van der Waals surface area contributed by atoms with E-state index in [1.54, 1.807) is 11.3 Å². The highest BCUT2D eigenvalue weighted by Gasteiger charge is 2.11. The Kier molecular flexibility index (Phi) is 5.42. The first-order valence-corrected chi connectivity index (χ1v) is 9.46. The third-order valence-corrected chi connectivity index (χ3v) is 5.34. The predicted octanol–water partition coefficient (Wildman–Crippen LogP) is 4.80. The molecule has 1 aromatic carbocycles. The van der Waals surface area contributed by atoms with Crippen LogP contribution in [0.4, 0.5) is 10.5 Å². The molecule has 0 aliphatic rings. The molecule has 26 heavy (non-hydrogen) atoms. The summed E-state index contributed by atoms with van der Waals surface area (Å²) >= 11 is 1.70. The number of carbonyl (C=O) groups is 1. The smallest absolute Gasteiger partial charge is 0.319 e. The van der Waals surface area contributed by atoms with Gasteiger partial charge in [0.1, 0.15) is 0 Å². The van der Waals surface area contributed by atoms with Gasteiger partial charge in [0.2, 0.25) is 0 Å².